The van der Waals surface area contributed by atoms with Gasteiger partial charge in [-0.25, -0.2) is 13.8 Å². The summed E-state index contributed by atoms with van der Waals surface area (Å²) in [5, 5.41) is 4.47. The molecule has 0 radical (unpaired) electrons. The first-order valence-electron chi connectivity index (χ1n) is 9.32. The standard InChI is InChI=1S/C22H18Br2ClN3O3S/c23-18-6-10-21(11-7-18)32(30,31)28(14-16-4-8-20(25)9-5-16)15-22(29)27-26-13-17-2-1-3-19(24)12-17/h1-13H,14-15H2,(H,27,29)/b26-13-. The first-order valence-corrected chi connectivity index (χ1v) is 12.7. The van der Waals surface area contributed by atoms with Gasteiger partial charge in [-0.15, -0.1) is 0 Å². The quantitative estimate of drug-likeness (QED) is 0.286. The van der Waals surface area contributed by atoms with E-state index in [1.807, 2.05) is 24.3 Å². The maximum Gasteiger partial charge on any atom is 0.255 e. The molecule has 32 heavy (non-hydrogen) atoms. The molecule has 1 amide bonds. The van der Waals surface area contributed by atoms with Crippen LogP contribution < -0.4 is 5.43 Å². The third-order valence-electron chi connectivity index (χ3n) is 4.30. The highest BCUT2D eigenvalue weighted by atomic mass is 79.9. The molecular formula is C22H18Br2ClN3O3S. The van der Waals surface area contributed by atoms with Crippen LogP contribution >= 0.6 is 43.5 Å². The predicted octanol–water partition coefficient (Wildman–Crippen LogP) is 5.21. The van der Waals surface area contributed by atoms with Gasteiger partial charge in [0, 0.05) is 20.5 Å². The number of nitrogens with one attached hydrogen (secondary N) is 1. The minimum Gasteiger partial charge on any atom is -0.272 e. The van der Waals surface area contributed by atoms with Crippen LogP contribution in [0.2, 0.25) is 5.02 Å². The molecule has 0 unspecified atom stereocenters. The molecule has 0 heterocycles. The monoisotopic (exact) mass is 597 g/mol. The lowest BCUT2D eigenvalue weighted by Crippen LogP contribution is -2.39. The molecule has 0 aliphatic carbocycles. The second-order valence-electron chi connectivity index (χ2n) is 6.70. The molecule has 0 saturated heterocycles. The molecule has 0 aliphatic heterocycles. The largest absolute Gasteiger partial charge is 0.272 e. The van der Waals surface area contributed by atoms with Gasteiger partial charge in [0.05, 0.1) is 17.7 Å². The van der Waals surface area contributed by atoms with Gasteiger partial charge in [0.15, 0.2) is 0 Å². The number of hydrazone groups is 1. The fourth-order valence-corrected chi connectivity index (χ4v) is 4.93. The Bertz CT molecular complexity index is 1220. The highest BCUT2D eigenvalue weighted by molar-refractivity contribution is 9.10. The van der Waals surface area contributed by atoms with Crippen LogP contribution in [-0.4, -0.2) is 31.4 Å². The Kier molecular flexibility index (Phi) is 8.61. The predicted molar refractivity (Wildman–Crippen MR) is 133 cm³/mol. The molecule has 1 N–H and O–H groups in total. The summed E-state index contributed by atoms with van der Waals surface area (Å²) in [4.78, 5) is 12.6. The van der Waals surface area contributed by atoms with Gasteiger partial charge in [0.2, 0.25) is 10.0 Å². The number of carbonyl (C=O) groups excluding carboxylic acids is 1. The van der Waals surface area contributed by atoms with Crippen LogP contribution in [0.3, 0.4) is 0 Å². The molecule has 0 aromatic heterocycles. The lowest BCUT2D eigenvalue weighted by molar-refractivity contribution is -0.121. The summed E-state index contributed by atoms with van der Waals surface area (Å²) in [6.07, 6.45) is 1.48. The van der Waals surface area contributed by atoms with Crippen molar-refractivity contribution in [3.63, 3.8) is 0 Å². The highest BCUT2D eigenvalue weighted by Gasteiger charge is 2.27. The second-order valence-corrected chi connectivity index (χ2v) is 10.9. The Hall–Kier alpha value is -2.04. The number of amides is 1. The average molecular weight is 600 g/mol. The molecule has 3 aromatic carbocycles. The van der Waals surface area contributed by atoms with Crippen LogP contribution in [0.1, 0.15) is 11.1 Å². The van der Waals surface area contributed by atoms with E-state index in [-0.39, 0.29) is 11.4 Å². The van der Waals surface area contributed by atoms with E-state index in [0.717, 1.165) is 18.8 Å². The molecule has 3 aromatic rings. The number of nitrogens with zero attached hydrogens (tertiary/aromatic N) is 2. The Morgan fingerprint density at radius 1 is 1.00 bits per heavy atom. The number of carbonyl (C=O) groups is 1. The van der Waals surface area contributed by atoms with Gasteiger partial charge >= 0.3 is 0 Å². The first kappa shape index (κ1) is 24.6. The Balaban J connectivity index is 1.79. The van der Waals surface area contributed by atoms with Crippen LogP contribution in [0.25, 0.3) is 0 Å². The van der Waals surface area contributed by atoms with Crippen LogP contribution in [0.15, 0.2) is 91.7 Å². The van der Waals surface area contributed by atoms with Crippen molar-refractivity contribution < 1.29 is 13.2 Å². The number of hydrogen-bond donors (Lipinski definition) is 1. The van der Waals surface area contributed by atoms with E-state index in [4.69, 9.17) is 11.6 Å². The van der Waals surface area contributed by atoms with Gasteiger partial charge in [-0.1, -0.05) is 67.7 Å². The number of benzene rings is 3. The van der Waals surface area contributed by atoms with E-state index >= 15 is 0 Å². The van der Waals surface area contributed by atoms with E-state index in [9.17, 15) is 13.2 Å². The Labute approximate surface area is 208 Å². The average Bonchev–Trinajstić information content (AvgIpc) is 2.75. The van der Waals surface area contributed by atoms with Gasteiger partial charge < -0.3 is 0 Å². The molecule has 6 nitrogen and oxygen atoms in total. The molecule has 3 rings (SSSR count). The fraction of sp³-hybridized carbons (Fsp3) is 0.0909. The second kappa shape index (κ2) is 11.2. The summed E-state index contributed by atoms with van der Waals surface area (Å²) in [6, 6.07) is 20.4. The topological polar surface area (TPSA) is 78.8 Å². The van der Waals surface area contributed by atoms with Crippen molar-refractivity contribution in [2.75, 3.05) is 6.54 Å². The van der Waals surface area contributed by atoms with E-state index in [0.29, 0.717) is 10.6 Å². The van der Waals surface area contributed by atoms with Crippen LogP contribution in [0.4, 0.5) is 0 Å². The van der Waals surface area contributed by atoms with E-state index in [1.54, 1.807) is 36.4 Å². The van der Waals surface area contributed by atoms with Gasteiger partial charge in [0.1, 0.15) is 0 Å². The minimum absolute atomic E-state index is 0.00165. The number of hydrogen-bond acceptors (Lipinski definition) is 4. The van der Waals surface area contributed by atoms with Crippen molar-refractivity contribution in [3.8, 4) is 0 Å². The third-order valence-corrected chi connectivity index (χ3v) is 7.37. The maximum absolute atomic E-state index is 13.2. The fourth-order valence-electron chi connectivity index (χ4n) is 2.74. The molecule has 0 atom stereocenters. The van der Waals surface area contributed by atoms with Crippen molar-refractivity contribution in [2.45, 2.75) is 11.4 Å². The molecule has 0 spiro atoms. The lowest BCUT2D eigenvalue weighted by atomic mass is 10.2. The van der Waals surface area contributed by atoms with Crippen molar-refractivity contribution in [1.82, 2.24) is 9.73 Å². The van der Waals surface area contributed by atoms with Crippen LogP contribution in [-0.2, 0) is 21.4 Å². The molecular weight excluding hydrogens is 582 g/mol. The van der Waals surface area contributed by atoms with Crippen molar-refractivity contribution >= 4 is 65.6 Å². The van der Waals surface area contributed by atoms with Crippen molar-refractivity contribution in [3.05, 3.63) is 97.9 Å². The Morgan fingerprint density at radius 2 is 1.69 bits per heavy atom. The molecule has 10 heteroatoms. The SMILES string of the molecule is O=C(CN(Cc1ccc(Cl)cc1)S(=O)(=O)c1ccc(Br)cc1)N/N=C\c1cccc(Br)c1. The number of sulfonamides is 1. The molecule has 166 valence electrons. The van der Waals surface area contributed by atoms with Crippen LogP contribution in [0.5, 0.6) is 0 Å². The highest BCUT2D eigenvalue weighted by Crippen LogP contribution is 2.21. The first-order chi connectivity index (χ1) is 15.2. The summed E-state index contributed by atoms with van der Waals surface area (Å²) in [5.41, 5.74) is 3.86. The van der Waals surface area contributed by atoms with Gasteiger partial charge in [-0.3, -0.25) is 4.79 Å². The third kappa shape index (κ3) is 6.98. The zero-order valence-electron chi connectivity index (χ0n) is 16.6. The maximum atomic E-state index is 13.2. The van der Waals surface area contributed by atoms with E-state index < -0.39 is 22.5 Å². The molecule has 0 fully saturated rings. The summed E-state index contributed by atoms with van der Waals surface area (Å²) in [7, 11) is -3.94. The molecule has 0 bridgehead atoms. The van der Waals surface area contributed by atoms with Crippen molar-refractivity contribution in [1.29, 1.82) is 0 Å². The molecule has 0 aliphatic rings. The van der Waals surface area contributed by atoms with E-state index in [1.165, 1.54) is 18.3 Å². The van der Waals surface area contributed by atoms with Crippen LogP contribution in [0, 0.1) is 0 Å². The normalized spacial score (nSPS) is 11.8. The van der Waals surface area contributed by atoms with E-state index in [2.05, 4.69) is 42.4 Å². The Morgan fingerprint density at radius 3 is 2.34 bits per heavy atom. The smallest absolute Gasteiger partial charge is 0.255 e. The van der Waals surface area contributed by atoms with Crippen molar-refractivity contribution in [2.24, 2.45) is 5.10 Å². The van der Waals surface area contributed by atoms with Gasteiger partial charge in [0.25, 0.3) is 5.91 Å². The summed E-state index contributed by atoms with van der Waals surface area (Å²) in [6.45, 7) is -0.408. The number of rotatable bonds is 8. The minimum atomic E-state index is -3.94. The summed E-state index contributed by atoms with van der Waals surface area (Å²) < 4.78 is 29.2. The van der Waals surface area contributed by atoms with Gasteiger partial charge in [-0.05, 0) is 59.7 Å². The lowest BCUT2D eigenvalue weighted by Gasteiger charge is -2.21. The number of halogens is 3. The zero-order valence-corrected chi connectivity index (χ0v) is 21.3. The van der Waals surface area contributed by atoms with Gasteiger partial charge in [-0.2, -0.15) is 9.41 Å². The summed E-state index contributed by atoms with van der Waals surface area (Å²) >= 11 is 12.6. The molecule has 0 saturated carbocycles. The summed E-state index contributed by atoms with van der Waals surface area (Å²) in [5.74, 6) is -0.564. The zero-order chi connectivity index (χ0) is 23.1.